The summed E-state index contributed by atoms with van der Waals surface area (Å²) in [5.41, 5.74) is 0. The molecular weight excluding hydrogens is 236 g/mol. The maximum absolute atomic E-state index is 11.5. The topological polar surface area (TPSA) is 109 Å². The van der Waals surface area contributed by atoms with E-state index in [2.05, 4.69) is 0 Å². The molecule has 0 aromatic rings. The second-order valence-corrected chi connectivity index (χ2v) is 5.80. The summed E-state index contributed by atoms with van der Waals surface area (Å²) in [5, 5.41) is 15.3. The summed E-state index contributed by atoms with van der Waals surface area (Å²) in [6.07, 6.45) is 0.969. The van der Waals surface area contributed by atoms with E-state index < -0.39 is 33.4 Å². The van der Waals surface area contributed by atoms with Crippen molar-refractivity contribution in [3.8, 4) is 0 Å². The Labute approximate surface area is 94.2 Å². The molecule has 0 aliphatic carbocycles. The van der Waals surface area contributed by atoms with Gasteiger partial charge in [-0.25, -0.2) is 8.42 Å². The Balaban J connectivity index is 4.63. The highest BCUT2D eigenvalue weighted by molar-refractivity contribution is 7.92. The third-order valence-electron chi connectivity index (χ3n) is 2.10. The Bertz CT molecular complexity index is 345. The summed E-state index contributed by atoms with van der Waals surface area (Å²) in [7, 11) is -3.87. The Morgan fingerprint density at radius 1 is 1.19 bits per heavy atom. The van der Waals surface area contributed by atoms with Crippen molar-refractivity contribution in [3.05, 3.63) is 0 Å². The van der Waals surface area contributed by atoms with Crippen molar-refractivity contribution in [1.82, 2.24) is 0 Å². The van der Waals surface area contributed by atoms with Gasteiger partial charge in [-0.1, -0.05) is 19.8 Å². The minimum Gasteiger partial charge on any atom is -0.481 e. The summed E-state index contributed by atoms with van der Waals surface area (Å²) >= 11 is 0. The van der Waals surface area contributed by atoms with Gasteiger partial charge in [0.25, 0.3) is 0 Å². The fraction of sp³-hybridized carbons (Fsp3) is 0.778. The van der Waals surface area contributed by atoms with Gasteiger partial charge in [-0.15, -0.1) is 0 Å². The zero-order valence-corrected chi connectivity index (χ0v) is 9.87. The van der Waals surface area contributed by atoms with Crippen LogP contribution in [0.1, 0.15) is 32.6 Å². The molecule has 94 valence electrons. The molecule has 1 unspecified atom stereocenters. The Morgan fingerprint density at radius 3 is 2.12 bits per heavy atom. The van der Waals surface area contributed by atoms with E-state index in [4.69, 9.17) is 10.2 Å². The first-order valence-corrected chi connectivity index (χ1v) is 6.69. The molecular formula is C9H16O6S. The summed E-state index contributed by atoms with van der Waals surface area (Å²) < 4.78 is 23.1. The fourth-order valence-corrected chi connectivity index (χ4v) is 2.82. The van der Waals surface area contributed by atoms with Crippen molar-refractivity contribution in [2.45, 2.75) is 37.9 Å². The van der Waals surface area contributed by atoms with Gasteiger partial charge in [-0.05, 0) is 6.42 Å². The summed E-state index contributed by atoms with van der Waals surface area (Å²) in [5.74, 6) is -3.30. The van der Waals surface area contributed by atoms with Crippen molar-refractivity contribution < 1.29 is 28.2 Å². The van der Waals surface area contributed by atoms with Gasteiger partial charge in [0.15, 0.2) is 15.1 Å². The lowest BCUT2D eigenvalue weighted by molar-refractivity contribution is -0.143. The van der Waals surface area contributed by atoms with Gasteiger partial charge in [0, 0.05) is 0 Å². The molecule has 0 aromatic carbocycles. The Kier molecular flexibility index (Phi) is 6.02. The molecule has 0 saturated heterocycles. The highest BCUT2D eigenvalue weighted by Gasteiger charge is 2.33. The van der Waals surface area contributed by atoms with Gasteiger partial charge in [-0.2, -0.15) is 0 Å². The lowest BCUT2D eigenvalue weighted by atomic mass is 10.3. The Hall–Kier alpha value is -1.11. The van der Waals surface area contributed by atoms with Crippen LogP contribution in [0.3, 0.4) is 0 Å². The van der Waals surface area contributed by atoms with Crippen LogP contribution in [0, 0.1) is 0 Å². The van der Waals surface area contributed by atoms with Crippen molar-refractivity contribution in [3.63, 3.8) is 0 Å². The molecule has 0 aliphatic rings. The van der Waals surface area contributed by atoms with Gasteiger partial charge in [0.2, 0.25) is 0 Å². The number of unbranched alkanes of at least 4 members (excludes halogenated alkanes) is 2. The third kappa shape index (κ3) is 5.11. The van der Waals surface area contributed by atoms with Crippen LogP contribution in [-0.4, -0.2) is 41.6 Å². The molecule has 1 atom stereocenters. The second kappa shape index (κ2) is 6.47. The quantitative estimate of drug-likeness (QED) is 0.609. The molecule has 7 heteroatoms. The lowest BCUT2D eigenvalue weighted by Crippen LogP contribution is -2.34. The number of sulfone groups is 1. The maximum Gasteiger partial charge on any atom is 0.322 e. The Morgan fingerprint density at radius 2 is 1.75 bits per heavy atom. The molecule has 0 spiro atoms. The average Bonchev–Trinajstić information content (AvgIpc) is 2.13. The largest absolute Gasteiger partial charge is 0.481 e. The van der Waals surface area contributed by atoms with Crippen molar-refractivity contribution in [2.75, 3.05) is 5.75 Å². The molecule has 0 amide bonds. The number of hydrogen-bond donors (Lipinski definition) is 2. The first-order valence-electron chi connectivity index (χ1n) is 4.97. The summed E-state index contributed by atoms with van der Waals surface area (Å²) in [4.78, 5) is 21.0. The lowest BCUT2D eigenvalue weighted by Gasteiger charge is -2.10. The molecule has 6 nitrogen and oxygen atoms in total. The molecule has 0 radical (unpaired) electrons. The van der Waals surface area contributed by atoms with Crippen molar-refractivity contribution in [1.29, 1.82) is 0 Å². The number of carboxylic acids is 2. The standard InChI is InChI=1S/C9H16O6S/c1-2-3-4-5-16(14,15)7(9(12)13)6-8(10)11/h7H,2-6H2,1H3,(H,10,11)(H,12,13). The zero-order chi connectivity index (χ0) is 12.8. The van der Waals surface area contributed by atoms with Gasteiger partial charge in [0.1, 0.15) is 0 Å². The number of hydrogen-bond acceptors (Lipinski definition) is 4. The smallest absolute Gasteiger partial charge is 0.322 e. The van der Waals surface area contributed by atoms with Crippen molar-refractivity contribution in [2.24, 2.45) is 0 Å². The van der Waals surface area contributed by atoms with Gasteiger partial charge < -0.3 is 10.2 Å². The molecule has 2 N–H and O–H groups in total. The molecule has 0 aliphatic heterocycles. The van der Waals surface area contributed by atoms with E-state index in [1.54, 1.807) is 0 Å². The van der Waals surface area contributed by atoms with Crippen LogP contribution in [-0.2, 0) is 19.4 Å². The van der Waals surface area contributed by atoms with Gasteiger partial charge in [-0.3, -0.25) is 9.59 Å². The first-order chi connectivity index (χ1) is 7.31. The van der Waals surface area contributed by atoms with Crippen LogP contribution < -0.4 is 0 Å². The number of carbonyl (C=O) groups is 2. The van der Waals surface area contributed by atoms with E-state index in [0.29, 0.717) is 12.8 Å². The predicted molar refractivity (Wildman–Crippen MR) is 57.0 cm³/mol. The minimum absolute atomic E-state index is 0.273. The van der Waals surface area contributed by atoms with E-state index in [9.17, 15) is 18.0 Å². The second-order valence-electron chi connectivity index (χ2n) is 3.50. The van der Waals surface area contributed by atoms with E-state index in [1.807, 2.05) is 6.92 Å². The van der Waals surface area contributed by atoms with Crippen LogP contribution in [0.15, 0.2) is 0 Å². The van der Waals surface area contributed by atoms with Crippen LogP contribution in [0.25, 0.3) is 0 Å². The van der Waals surface area contributed by atoms with E-state index in [1.165, 1.54) is 0 Å². The minimum atomic E-state index is -3.87. The molecule has 16 heavy (non-hydrogen) atoms. The average molecular weight is 252 g/mol. The van der Waals surface area contributed by atoms with Gasteiger partial charge in [0.05, 0.1) is 12.2 Å². The van der Waals surface area contributed by atoms with Crippen LogP contribution in [0.4, 0.5) is 0 Å². The third-order valence-corrected chi connectivity index (χ3v) is 4.19. The molecule has 0 heterocycles. The molecule has 0 bridgehead atoms. The van der Waals surface area contributed by atoms with E-state index in [-0.39, 0.29) is 5.75 Å². The zero-order valence-electron chi connectivity index (χ0n) is 9.05. The highest BCUT2D eigenvalue weighted by atomic mass is 32.2. The van der Waals surface area contributed by atoms with E-state index >= 15 is 0 Å². The molecule has 0 rings (SSSR count). The summed E-state index contributed by atoms with van der Waals surface area (Å²) in [6, 6.07) is 0. The van der Waals surface area contributed by atoms with E-state index in [0.717, 1.165) is 6.42 Å². The fourth-order valence-electron chi connectivity index (χ4n) is 1.22. The highest BCUT2D eigenvalue weighted by Crippen LogP contribution is 2.11. The van der Waals surface area contributed by atoms with Crippen LogP contribution >= 0.6 is 0 Å². The number of carboxylic acid groups (broad SMARTS) is 2. The normalized spacial score (nSPS) is 13.3. The first kappa shape index (κ1) is 14.9. The maximum atomic E-state index is 11.5. The van der Waals surface area contributed by atoms with Crippen molar-refractivity contribution >= 4 is 21.8 Å². The van der Waals surface area contributed by atoms with Crippen LogP contribution in [0.2, 0.25) is 0 Å². The van der Waals surface area contributed by atoms with Crippen LogP contribution in [0.5, 0.6) is 0 Å². The monoisotopic (exact) mass is 252 g/mol. The SMILES string of the molecule is CCCCCS(=O)(=O)C(CC(=O)O)C(=O)O. The van der Waals surface area contributed by atoms with Gasteiger partial charge >= 0.3 is 11.9 Å². The number of aliphatic carboxylic acids is 2. The predicted octanol–water partition coefficient (Wildman–Crippen LogP) is 0.519. The molecule has 0 saturated carbocycles. The number of rotatable bonds is 8. The molecule has 0 aromatic heterocycles. The molecule has 0 fully saturated rings. The summed E-state index contributed by atoms with van der Waals surface area (Å²) in [6.45, 7) is 1.89.